The maximum Gasteiger partial charge on any atom is 0.0464 e. The average Bonchev–Trinajstić information content (AvgIpc) is 3.45. The summed E-state index contributed by atoms with van der Waals surface area (Å²) >= 11 is 0. The predicted octanol–water partition coefficient (Wildman–Crippen LogP) is 13.0. The summed E-state index contributed by atoms with van der Waals surface area (Å²) in [7, 11) is 0. The Balaban J connectivity index is 1.18. The average molecular weight is 626 g/mol. The van der Waals surface area contributed by atoms with E-state index < -0.39 is 0 Å². The molecule has 0 amide bonds. The van der Waals surface area contributed by atoms with Crippen LogP contribution in [-0.2, 0) is 5.41 Å². The van der Waals surface area contributed by atoms with E-state index in [2.05, 4.69) is 206 Å². The summed E-state index contributed by atoms with van der Waals surface area (Å²) in [6.45, 7) is 2.38. The second-order valence-corrected chi connectivity index (χ2v) is 13.1. The molecule has 1 aliphatic carbocycles. The zero-order valence-electron chi connectivity index (χ0n) is 27.4. The van der Waals surface area contributed by atoms with Crippen molar-refractivity contribution in [1.29, 1.82) is 0 Å². The van der Waals surface area contributed by atoms with E-state index in [1.54, 1.807) is 0 Å². The zero-order valence-corrected chi connectivity index (χ0v) is 27.4. The van der Waals surface area contributed by atoms with E-state index in [4.69, 9.17) is 0 Å². The summed E-state index contributed by atoms with van der Waals surface area (Å²) in [5.74, 6) is 0. The third-order valence-electron chi connectivity index (χ3n) is 10.4. The molecule has 232 valence electrons. The molecule has 0 fully saturated rings. The Morgan fingerprint density at radius 3 is 1.57 bits per heavy atom. The first kappa shape index (κ1) is 29.0. The molecule has 0 radical (unpaired) electrons. The largest absolute Gasteiger partial charge is 0.310 e. The van der Waals surface area contributed by atoms with E-state index in [0.717, 1.165) is 17.1 Å². The minimum absolute atomic E-state index is 0.274. The van der Waals surface area contributed by atoms with Crippen molar-refractivity contribution in [3.8, 4) is 33.4 Å². The van der Waals surface area contributed by atoms with Gasteiger partial charge in [0.25, 0.3) is 0 Å². The van der Waals surface area contributed by atoms with Gasteiger partial charge in [0.1, 0.15) is 0 Å². The summed E-state index contributed by atoms with van der Waals surface area (Å²) < 4.78 is 0. The van der Waals surface area contributed by atoms with Gasteiger partial charge in [-0.25, -0.2) is 0 Å². The Hall–Kier alpha value is -6.18. The van der Waals surface area contributed by atoms with Crippen molar-refractivity contribution < 1.29 is 0 Å². The van der Waals surface area contributed by atoms with Crippen LogP contribution >= 0.6 is 0 Å². The molecular weight excluding hydrogens is 591 g/mol. The van der Waals surface area contributed by atoms with E-state index in [1.807, 2.05) is 0 Å². The van der Waals surface area contributed by atoms with Gasteiger partial charge in [0.2, 0.25) is 0 Å². The van der Waals surface area contributed by atoms with Gasteiger partial charge >= 0.3 is 0 Å². The normalized spacial score (nSPS) is 12.8. The van der Waals surface area contributed by atoms with Crippen LogP contribution in [0.25, 0.3) is 44.2 Å². The lowest BCUT2D eigenvalue weighted by Gasteiger charge is -2.31. The van der Waals surface area contributed by atoms with E-state index in [0.29, 0.717) is 0 Å². The van der Waals surface area contributed by atoms with E-state index in [9.17, 15) is 0 Å². The molecule has 0 atom stereocenters. The van der Waals surface area contributed by atoms with Crippen molar-refractivity contribution in [2.75, 3.05) is 4.90 Å². The minimum atomic E-state index is -0.274. The van der Waals surface area contributed by atoms with Gasteiger partial charge in [-0.15, -0.1) is 0 Å². The van der Waals surface area contributed by atoms with Gasteiger partial charge < -0.3 is 4.90 Å². The van der Waals surface area contributed by atoms with Crippen LogP contribution in [0.5, 0.6) is 0 Å². The first-order valence-electron chi connectivity index (χ1n) is 17.0. The molecule has 1 aliphatic rings. The van der Waals surface area contributed by atoms with Gasteiger partial charge in [-0.1, -0.05) is 158 Å². The number of rotatable bonds is 6. The SMILES string of the molecule is CC1(c2cccc(N(c3ccc(-c4ccccc4)cc3)c3ccc(-c4cccc5ccccc45)cc3)c2)c2ccccc2-c2ccccc21. The lowest BCUT2D eigenvalue weighted by Crippen LogP contribution is -2.23. The van der Waals surface area contributed by atoms with Gasteiger partial charge in [0, 0.05) is 22.5 Å². The van der Waals surface area contributed by atoms with Crippen LogP contribution in [0.1, 0.15) is 23.6 Å². The van der Waals surface area contributed by atoms with Crippen LogP contribution in [0.15, 0.2) is 194 Å². The molecule has 9 rings (SSSR count). The fraction of sp³-hybridized carbons (Fsp3) is 0.0417. The first-order chi connectivity index (χ1) is 24.2. The van der Waals surface area contributed by atoms with E-state index in [1.165, 1.54) is 60.8 Å². The van der Waals surface area contributed by atoms with Crippen LogP contribution in [0, 0.1) is 0 Å². The van der Waals surface area contributed by atoms with Crippen LogP contribution in [0.2, 0.25) is 0 Å². The van der Waals surface area contributed by atoms with Gasteiger partial charge in [0.05, 0.1) is 0 Å². The zero-order chi connectivity index (χ0) is 32.8. The number of nitrogens with zero attached hydrogens (tertiary/aromatic N) is 1. The molecule has 1 nitrogen and oxygen atoms in total. The van der Waals surface area contributed by atoms with Crippen LogP contribution < -0.4 is 4.90 Å². The van der Waals surface area contributed by atoms with Crippen molar-refractivity contribution >= 4 is 27.8 Å². The highest BCUT2D eigenvalue weighted by Gasteiger charge is 2.40. The third-order valence-corrected chi connectivity index (χ3v) is 10.4. The topological polar surface area (TPSA) is 3.24 Å². The van der Waals surface area contributed by atoms with Crippen molar-refractivity contribution in [1.82, 2.24) is 0 Å². The minimum Gasteiger partial charge on any atom is -0.310 e. The molecule has 0 spiro atoms. The maximum absolute atomic E-state index is 2.39. The molecule has 0 aliphatic heterocycles. The van der Waals surface area contributed by atoms with Crippen molar-refractivity contribution in [2.24, 2.45) is 0 Å². The lowest BCUT2D eigenvalue weighted by molar-refractivity contribution is 0.714. The number of anilines is 3. The number of hydrogen-bond donors (Lipinski definition) is 0. The van der Waals surface area contributed by atoms with Crippen LogP contribution in [0.3, 0.4) is 0 Å². The van der Waals surface area contributed by atoms with Crippen LogP contribution in [-0.4, -0.2) is 0 Å². The Labute approximate surface area is 288 Å². The molecule has 0 saturated heterocycles. The summed E-state index contributed by atoms with van der Waals surface area (Å²) in [4.78, 5) is 2.39. The third kappa shape index (κ3) is 4.86. The number of benzene rings is 8. The summed E-state index contributed by atoms with van der Waals surface area (Å²) in [5.41, 5.74) is 14.6. The number of hydrogen-bond acceptors (Lipinski definition) is 1. The second-order valence-electron chi connectivity index (χ2n) is 13.1. The van der Waals surface area contributed by atoms with E-state index >= 15 is 0 Å². The van der Waals surface area contributed by atoms with Gasteiger partial charge in [-0.2, -0.15) is 0 Å². The van der Waals surface area contributed by atoms with E-state index in [-0.39, 0.29) is 5.41 Å². The highest BCUT2D eigenvalue weighted by Crippen LogP contribution is 2.53. The van der Waals surface area contributed by atoms with Gasteiger partial charge in [0.15, 0.2) is 0 Å². The highest BCUT2D eigenvalue weighted by atomic mass is 15.1. The van der Waals surface area contributed by atoms with Gasteiger partial charge in [-0.05, 0) is 104 Å². The molecular formula is C48H35N. The fourth-order valence-electron chi connectivity index (χ4n) is 7.87. The molecule has 0 unspecified atom stereocenters. The smallest absolute Gasteiger partial charge is 0.0464 e. The highest BCUT2D eigenvalue weighted by molar-refractivity contribution is 5.97. The Bertz CT molecular complexity index is 2390. The molecule has 8 aromatic rings. The second kappa shape index (κ2) is 11.8. The summed E-state index contributed by atoms with van der Waals surface area (Å²) in [6, 6.07) is 70.7. The van der Waals surface area contributed by atoms with Crippen molar-refractivity contribution in [3.05, 3.63) is 211 Å². The quantitative estimate of drug-likeness (QED) is 0.178. The Kier molecular flexibility index (Phi) is 6.99. The Morgan fingerprint density at radius 1 is 0.367 bits per heavy atom. The molecule has 8 aromatic carbocycles. The molecule has 0 aromatic heterocycles. The molecule has 0 N–H and O–H groups in total. The predicted molar refractivity (Wildman–Crippen MR) is 207 cm³/mol. The van der Waals surface area contributed by atoms with Crippen molar-refractivity contribution in [2.45, 2.75) is 12.3 Å². The molecule has 0 saturated carbocycles. The monoisotopic (exact) mass is 625 g/mol. The summed E-state index contributed by atoms with van der Waals surface area (Å²) in [6.07, 6.45) is 0. The molecule has 0 heterocycles. The molecule has 0 bridgehead atoms. The fourth-order valence-corrected chi connectivity index (χ4v) is 7.87. The first-order valence-corrected chi connectivity index (χ1v) is 17.0. The molecule has 49 heavy (non-hydrogen) atoms. The van der Waals surface area contributed by atoms with Crippen molar-refractivity contribution in [3.63, 3.8) is 0 Å². The van der Waals surface area contributed by atoms with Gasteiger partial charge in [-0.3, -0.25) is 0 Å². The summed E-state index contributed by atoms with van der Waals surface area (Å²) in [5, 5.41) is 2.52. The standard InChI is InChI=1S/C48H35N/c1-48(46-23-9-7-20-44(46)45-21-8-10-24-47(45)48)38-17-12-18-41(33-38)49(39-29-25-35(26-30-39)34-13-3-2-4-14-34)40-31-27-37(28-32-40)43-22-11-16-36-15-5-6-19-42(36)43/h2-33H,1H3. The molecule has 1 heteroatoms. The number of fused-ring (bicyclic) bond motifs is 4. The lowest BCUT2D eigenvalue weighted by atomic mass is 9.74. The maximum atomic E-state index is 2.39. The van der Waals surface area contributed by atoms with Crippen LogP contribution in [0.4, 0.5) is 17.1 Å². The Morgan fingerprint density at radius 2 is 0.878 bits per heavy atom.